The van der Waals surface area contributed by atoms with Crippen LogP contribution in [0.4, 0.5) is 5.69 Å². The van der Waals surface area contributed by atoms with Gasteiger partial charge in [0.2, 0.25) is 0 Å². The topological polar surface area (TPSA) is 15.3 Å². The quantitative estimate of drug-likeness (QED) is 0.744. The monoisotopic (exact) mass is 280 g/mol. The molecule has 3 heteroatoms. The fourth-order valence-corrected chi connectivity index (χ4v) is 2.47. The molecule has 0 aromatic heterocycles. The first-order chi connectivity index (χ1) is 8.99. The number of rotatable bonds is 7. The Kier molecular flexibility index (Phi) is 6.40. The first kappa shape index (κ1) is 16.1. The number of nitrogens with zero attached hydrogens (tertiary/aromatic N) is 1. The Morgan fingerprint density at radius 1 is 1.42 bits per heavy atom. The molecule has 0 radical (unpaired) electrons. The van der Waals surface area contributed by atoms with E-state index in [1.54, 1.807) is 0 Å². The van der Waals surface area contributed by atoms with Crippen LogP contribution in [0.3, 0.4) is 0 Å². The number of hydrogen-bond donors (Lipinski definition) is 1. The number of halogens is 1. The average Bonchev–Trinajstić information content (AvgIpc) is 2.36. The van der Waals surface area contributed by atoms with Gasteiger partial charge in [0.1, 0.15) is 0 Å². The maximum absolute atomic E-state index is 6.43. The zero-order valence-electron chi connectivity index (χ0n) is 12.5. The van der Waals surface area contributed by atoms with Gasteiger partial charge in [-0.2, -0.15) is 0 Å². The van der Waals surface area contributed by atoms with Crippen LogP contribution in [0.5, 0.6) is 0 Å². The number of hydrogen-bond acceptors (Lipinski definition) is 2. The predicted octanol–water partition coefficient (Wildman–Crippen LogP) is 4.41. The zero-order valence-corrected chi connectivity index (χ0v) is 13.2. The summed E-state index contributed by atoms with van der Waals surface area (Å²) in [4.78, 5) is 2.24. The number of benzene rings is 1. The van der Waals surface area contributed by atoms with E-state index < -0.39 is 0 Å². The zero-order chi connectivity index (χ0) is 14.4. The highest BCUT2D eigenvalue weighted by Crippen LogP contribution is 2.29. The molecule has 0 fully saturated rings. The highest BCUT2D eigenvalue weighted by Gasteiger charge is 2.11. The summed E-state index contributed by atoms with van der Waals surface area (Å²) in [6, 6.07) is 6.64. The van der Waals surface area contributed by atoms with E-state index in [-0.39, 0.29) is 0 Å². The maximum Gasteiger partial charge on any atom is 0.0643 e. The van der Waals surface area contributed by atoms with Crippen LogP contribution >= 0.6 is 11.6 Å². The van der Waals surface area contributed by atoms with Gasteiger partial charge >= 0.3 is 0 Å². The van der Waals surface area contributed by atoms with Crippen LogP contribution in [0.1, 0.15) is 39.3 Å². The maximum atomic E-state index is 6.43. The van der Waals surface area contributed by atoms with Crippen LogP contribution in [0.25, 0.3) is 0 Å². The van der Waals surface area contributed by atoms with Gasteiger partial charge in [-0.05, 0) is 45.0 Å². The van der Waals surface area contributed by atoms with Crippen molar-refractivity contribution in [2.75, 3.05) is 24.5 Å². The molecule has 1 aromatic carbocycles. The average molecular weight is 281 g/mol. The molecule has 0 saturated carbocycles. The molecule has 0 aliphatic carbocycles. The lowest BCUT2D eigenvalue weighted by Gasteiger charge is -2.25. The van der Waals surface area contributed by atoms with Crippen LogP contribution in [0.15, 0.2) is 30.4 Å². The number of nitrogens with one attached hydrogen (secondary N) is 1. The summed E-state index contributed by atoms with van der Waals surface area (Å²) in [5, 5.41) is 4.21. The summed E-state index contributed by atoms with van der Waals surface area (Å²) in [5.41, 5.74) is 3.45. The second kappa shape index (κ2) is 7.56. The van der Waals surface area contributed by atoms with Gasteiger partial charge in [-0.15, -0.1) is 0 Å². The lowest BCUT2D eigenvalue weighted by molar-refractivity contribution is 0.598. The Labute approximate surface area is 122 Å². The van der Waals surface area contributed by atoms with E-state index in [9.17, 15) is 0 Å². The van der Waals surface area contributed by atoms with Crippen molar-refractivity contribution < 1.29 is 0 Å². The fraction of sp³-hybridized carbons (Fsp3) is 0.500. The summed E-state index contributed by atoms with van der Waals surface area (Å²) >= 11 is 6.43. The van der Waals surface area contributed by atoms with Gasteiger partial charge in [0.05, 0.1) is 10.7 Å². The lowest BCUT2D eigenvalue weighted by Crippen LogP contribution is -2.25. The molecule has 0 spiro atoms. The van der Waals surface area contributed by atoms with E-state index >= 15 is 0 Å². The molecule has 1 rings (SSSR count). The molecule has 19 heavy (non-hydrogen) atoms. The summed E-state index contributed by atoms with van der Waals surface area (Å²) < 4.78 is 0. The smallest absolute Gasteiger partial charge is 0.0643 e. The van der Waals surface area contributed by atoms with Crippen LogP contribution < -0.4 is 10.2 Å². The third kappa shape index (κ3) is 4.55. The minimum atomic E-state index is 0.327. The van der Waals surface area contributed by atoms with Gasteiger partial charge in [-0.3, -0.25) is 0 Å². The van der Waals surface area contributed by atoms with Crippen molar-refractivity contribution in [2.24, 2.45) is 0 Å². The summed E-state index contributed by atoms with van der Waals surface area (Å²) in [5.74, 6) is 0. The van der Waals surface area contributed by atoms with Crippen LogP contribution in [0, 0.1) is 0 Å². The number of anilines is 1. The molecule has 1 atom stereocenters. The molecule has 0 aliphatic rings. The van der Waals surface area contributed by atoms with E-state index in [1.807, 2.05) is 6.92 Å². The van der Waals surface area contributed by atoms with Crippen molar-refractivity contribution in [3.63, 3.8) is 0 Å². The first-order valence-electron chi connectivity index (χ1n) is 6.91. The number of likely N-dealkylation sites (N-methyl/N-ethyl adjacent to an activating group) is 1. The molecule has 0 saturated heterocycles. The Balaban J connectivity index is 2.95. The molecular weight excluding hydrogens is 256 g/mol. The van der Waals surface area contributed by atoms with E-state index in [1.165, 1.54) is 5.56 Å². The molecule has 1 aromatic rings. The Morgan fingerprint density at radius 2 is 2.11 bits per heavy atom. The molecule has 1 unspecified atom stereocenters. The van der Waals surface area contributed by atoms with Crippen molar-refractivity contribution in [3.8, 4) is 0 Å². The Hall–Kier alpha value is -0.990. The minimum Gasteiger partial charge on any atom is -0.367 e. The SMILES string of the molecule is C=C(C)CN(CC)c1ccc(C(C)NCC)cc1Cl. The third-order valence-electron chi connectivity index (χ3n) is 3.17. The second-order valence-corrected chi connectivity index (χ2v) is 5.37. The minimum absolute atomic E-state index is 0.327. The van der Waals surface area contributed by atoms with Crippen molar-refractivity contribution in [3.05, 3.63) is 40.9 Å². The van der Waals surface area contributed by atoms with E-state index in [0.29, 0.717) is 6.04 Å². The molecule has 0 bridgehead atoms. The standard InChI is InChI=1S/C16H25ClN2/c1-6-18-13(5)14-8-9-16(15(17)10-14)19(7-2)11-12(3)4/h8-10,13,18H,3,6-7,11H2,1-2,4-5H3. The third-order valence-corrected chi connectivity index (χ3v) is 3.47. The predicted molar refractivity (Wildman–Crippen MR) is 86.2 cm³/mol. The van der Waals surface area contributed by atoms with Gasteiger partial charge in [-0.25, -0.2) is 0 Å². The molecule has 0 amide bonds. The van der Waals surface area contributed by atoms with Crippen LogP contribution in [-0.4, -0.2) is 19.6 Å². The normalized spacial score (nSPS) is 12.3. The van der Waals surface area contributed by atoms with Gasteiger partial charge in [0, 0.05) is 19.1 Å². The molecular formula is C16H25ClN2. The largest absolute Gasteiger partial charge is 0.367 e. The van der Waals surface area contributed by atoms with Gasteiger partial charge in [-0.1, -0.05) is 36.7 Å². The summed E-state index contributed by atoms with van der Waals surface area (Å²) in [6.07, 6.45) is 0. The van der Waals surface area contributed by atoms with Crippen LogP contribution in [0.2, 0.25) is 5.02 Å². The van der Waals surface area contributed by atoms with Gasteiger partial charge in [0.15, 0.2) is 0 Å². The van der Waals surface area contributed by atoms with E-state index in [0.717, 1.165) is 35.9 Å². The fourth-order valence-electron chi connectivity index (χ4n) is 2.17. The van der Waals surface area contributed by atoms with Gasteiger partial charge < -0.3 is 10.2 Å². The summed E-state index contributed by atoms with van der Waals surface area (Å²) in [7, 11) is 0. The highest BCUT2D eigenvalue weighted by atomic mass is 35.5. The van der Waals surface area contributed by atoms with E-state index in [2.05, 4.69) is 55.8 Å². The van der Waals surface area contributed by atoms with Crippen molar-refractivity contribution in [1.82, 2.24) is 5.32 Å². The van der Waals surface area contributed by atoms with E-state index in [4.69, 9.17) is 11.6 Å². The first-order valence-corrected chi connectivity index (χ1v) is 7.29. The van der Waals surface area contributed by atoms with Crippen LogP contribution in [-0.2, 0) is 0 Å². The van der Waals surface area contributed by atoms with Gasteiger partial charge in [0.25, 0.3) is 0 Å². The summed E-state index contributed by atoms with van der Waals surface area (Å²) in [6.45, 7) is 15.1. The lowest BCUT2D eigenvalue weighted by atomic mass is 10.1. The molecule has 0 heterocycles. The Bertz CT molecular complexity index is 429. The molecule has 0 aliphatic heterocycles. The Morgan fingerprint density at radius 3 is 2.58 bits per heavy atom. The van der Waals surface area contributed by atoms with Crippen molar-refractivity contribution >= 4 is 17.3 Å². The molecule has 106 valence electrons. The highest BCUT2D eigenvalue weighted by molar-refractivity contribution is 6.33. The second-order valence-electron chi connectivity index (χ2n) is 4.96. The molecule has 2 nitrogen and oxygen atoms in total. The molecule has 1 N–H and O–H groups in total. The van der Waals surface area contributed by atoms with Crippen molar-refractivity contribution in [2.45, 2.75) is 33.7 Å². The van der Waals surface area contributed by atoms with Crippen molar-refractivity contribution in [1.29, 1.82) is 0 Å².